The van der Waals surface area contributed by atoms with Crippen molar-refractivity contribution in [1.29, 1.82) is 0 Å². The van der Waals surface area contributed by atoms with Gasteiger partial charge in [-0.15, -0.1) is 0 Å². The van der Waals surface area contributed by atoms with Crippen molar-refractivity contribution in [2.75, 3.05) is 31.1 Å². The molecule has 1 aliphatic heterocycles. The van der Waals surface area contributed by atoms with Gasteiger partial charge < -0.3 is 19.5 Å². The number of nitrogens with one attached hydrogen (secondary N) is 1. The van der Waals surface area contributed by atoms with Gasteiger partial charge in [0.25, 0.3) is 0 Å². The van der Waals surface area contributed by atoms with E-state index in [1.165, 1.54) is 16.8 Å². The zero-order chi connectivity index (χ0) is 19.5. The lowest BCUT2D eigenvalue weighted by Crippen LogP contribution is -2.41. The molecule has 146 valence electrons. The molecule has 2 aromatic heterocycles. The van der Waals surface area contributed by atoms with Crippen molar-refractivity contribution in [2.24, 2.45) is 0 Å². The van der Waals surface area contributed by atoms with E-state index in [9.17, 15) is 4.79 Å². The molecule has 1 aromatic carbocycles. The molecule has 1 saturated heterocycles. The molecule has 0 radical (unpaired) electrons. The Morgan fingerprint density at radius 1 is 1.04 bits per heavy atom. The number of imidazole rings is 1. The largest absolute Gasteiger partial charge is 0.369 e. The predicted octanol–water partition coefficient (Wildman–Crippen LogP) is 3.37. The third-order valence-corrected chi connectivity index (χ3v) is 5.31. The number of fused-ring (bicyclic) bond motifs is 1. The number of aromatic nitrogens is 2. The van der Waals surface area contributed by atoms with E-state index in [4.69, 9.17) is 0 Å². The van der Waals surface area contributed by atoms with E-state index in [-0.39, 0.29) is 6.03 Å². The van der Waals surface area contributed by atoms with Gasteiger partial charge in [0.05, 0.1) is 12.2 Å². The zero-order valence-corrected chi connectivity index (χ0v) is 16.6. The van der Waals surface area contributed by atoms with Crippen molar-refractivity contribution >= 4 is 17.4 Å². The molecular weight excluding hydrogens is 350 g/mol. The number of carbonyl (C=O) groups excluding carboxylic acids is 1. The Labute approximate surface area is 165 Å². The summed E-state index contributed by atoms with van der Waals surface area (Å²) in [5, 5.41) is 3.03. The number of rotatable bonds is 3. The second-order valence-electron chi connectivity index (χ2n) is 7.48. The lowest BCUT2D eigenvalue weighted by molar-refractivity contribution is 0.201. The Morgan fingerprint density at radius 2 is 1.89 bits per heavy atom. The summed E-state index contributed by atoms with van der Waals surface area (Å²) >= 11 is 0. The number of hydrogen-bond acceptors (Lipinski definition) is 3. The minimum Gasteiger partial charge on any atom is -0.369 e. The zero-order valence-electron chi connectivity index (χ0n) is 16.6. The Bertz CT molecular complexity index is 980. The van der Waals surface area contributed by atoms with Gasteiger partial charge in [-0.25, -0.2) is 9.78 Å². The molecular formula is C22H27N5O. The van der Waals surface area contributed by atoms with E-state index in [2.05, 4.69) is 53.3 Å². The Kier molecular flexibility index (Phi) is 5.19. The fourth-order valence-electron chi connectivity index (χ4n) is 3.80. The van der Waals surface area contributed by atoms with Gasteiger partial charge in [-0.05, 0) is 43.5 Å². The summed E-state index contributed by atoms with van der Waals surface area (Å²) in [4.78, 5) is 21.5. The number of carbonyl (C=O) groups is 1. The van der Waals surface area contributed by atoms with E-state index in [0.29, 0.717) is 6.54 Å². The summed E-state index contributed by atoms with van der Waals surface area (Å²) in [6.45, 7) is 7.97. The SMILES string of the molecule is Cc1ccc2nc(CNC(=O)N3CCCN(c4ccccc4C)CC3)cn2c1. The molecule has 0 aliphatic carbocycles. The van der Waals surface area contributed by atoms with E-state index in [0.717, 1.165) is 43.9 Å². The minimum absolute atomic E-state index is 0.0140. The maximum Gasteiger partial charge on any atom is 0.317 e. The fourth-order valence-corrected chi connectivity index (χ4v) is 3.80. The smallest absolute Gasteiger partial charge is 0.317 e. The van der Waals surface area contributed by atoms with Crippen molar-refractivity contribution in [3.63, 3.8) is 0 Å². The maximum absolute atomic E-state index is 12.7. The van der Waals surface area contributed by atoms with Crippen molar-refractivity contribution in [1.82, 2.24) is 19.6 Å². The quantitative estimate of drug-likeness (QED) is 0.761. The van der Waals surface area contributed by atoms with Gasteiger partial charge in [0, 0.05) is 44.3 Å². The van der Waals surface area contributed by atoms with Gasteiger partial charge in [-0.2, -0.15) is 0 Å². The van der Waals surface area contributed by atoms with Crippen LogP contribution in [0.3, 0.4) is 0 Å². The summed E-state index contributed by atoms with van der Waals surface area (Å²) in [6.07, 6.45) is 4.99. The molecule has 6 heteroatoms. The topological polar surface area (TPSA) is 52.9 Å². The van der Waals surface area contributed by atoms with Gasteiger partial charge >= 0.3 is 6.03 Å². The predicted molar refractivity (Wildman–Crippen MR) is 112 cm³/mol. The minimum atomic E-state index is -0.0140. The van der Waals surface area contributed by atoms with Crippen LogP contribution < -0.4 is 10.2 Å². The van der Waals surface area contributed by atoms with Crippen LogP contribution in [0.25, 0.3) is 5.65 Å². The maximum atomic E-state index is 12.7. The summed E-state index contributed by atoms with van der Waals surface area (Å²) < 4.78 is 2.00. The molecule has 0 spiro atoms. The Hall–Kier alpha value is -3.02. The molecule has 1 aliphatic rings. The first-order chi connectivity index (χ1) is 13.6. The fraction of sp³-hybridized carbons (Fsp3) is 0.364. The molecule has 3 aromatic rings. The molecule has 4 rings (SSSR count). The Balaban J connectivity index is 1.35. The lowest BCUT2D eigenvalue weighted by Gasteiger charge is -2.25. The Morgan fingerprint density at radius 3 is 2.75 bits per heavy atom. The van der Waals surface area contributed by atoms with E-state index < -0.39 is 0 Å². The summed E-state index contributed by atoms with van der Waals surface area (Å²) in [7, 11) is 0. The molecule has 0 bridgehead atoms. The van der Waals surface area contributed by atoms with E-state index in [1.807, 2.05) is 33.8 Å². The van der Waals surface area contributed by atoms with Crippen LogP contribution in [0.15, 0.2) is 48.8 Å². The molecule has 0 unspecified atom stereocenters. The number of nitrogens with zero attached hydrogens (tertiary/aromatic N) is 4. The molecule has 3 heterocycles. The number of aryl methyl sites for hydroxylation is 2. The van der Waals surface area contributed by atoms with E-state index in [1.54, 1.807) is 0 Å². The first kappa shape index (κ1) is 18.3. The van der Waals surface area contributed by atoms with Gasteiger partial charge in [-0.1, -0.05) is 24.3 Å². The van der Waals surface area contributed by atoms with Crippen LogP contribution in [0, 0.1) is 13.8 Å². The summed E-state index contributed by atoms with van der Waals surface area (Å²) in [5.74, 6) is 0. The lowest BCUT2D eigenvalue weighted by atomic mass is 10.2. The van der Waals surface area contributed by atoms with Crippen molar-refractivity contribution in [3.8, 4) is 0 Å². The average Bonchev–Trinajstić information content (AvgIpc) is 2.92. The van der Waals surface area contributed by atoms with Crippen LogP contribution >= 0.6 is 0 Å². The van der Waals surface area contributed by atoms with Gasteiger partial charge in [0.15, 0.2) is 0 Å². The normalized spacial score (nSPS) is 14.9. The highest BCUT2D eigenvalue weighted by atomic mass is 16.2. The van der Waals surface area contributed by atoms with Crippen LogP contribution in [0.2, 0.25) is 0 Å². The highest BCUT2D eigenvalue weighted by molar-refractivity contribution is 5.74. The molecule has 1 N–H and O–H groups in total. The van der Waals surface area contributed by atoms with Crippen molar-refractivity contribution in [3.05, 3.63) is 65.6 Å². The van der Waals surface area contributed by atoms with E-state index >= 15 is 0 Å². The molecule has 2 amide bonds. The first-order valence-corrected chi connectivity index (χ1v) is 9.88. The van der Waals surface area contributed by atoms with Crippen LogP contribution in [0.4, 0.5) is 10.5 Å². The summed E-state index contributed by atoms with van der Waals surface area (Å²) in [5.41, 5.74) is 5.50. The van der Waals surface area contributed by atoms with Crippen LogP contribution in [-0.4, -0.2) is 46.5 Å². The average molecular weight is 377 g/mol. The monoisotopic (exact) mass is 377 g/mol. The standard InChI is InChI=1S/C22H27N5O/c1-17-8-9-21-24-19(16-27(21)15-17)14-23-22(28)26-11-5-10-25(12-13-26)20-7-4-3-6-18(20)2/h3-4,6-9,15-16H,5,10-14H2,1-2H3,(H,23,28). The third kappa shape index (κ3) is 3.96. The van der Waals surface area contributed by atoms with Crippen molar-refractivity contribution < 1.29 is 4.79 Å². The second kappa shape index (κ2) is 7.92. The molecule has 0 atom stereocenters. The highest BCUT2D eigenvalue weighted by Crippen LogP contribution is 2.20. The molecule has 0 saturated carbocycles. The van der Waals surface area contributed by atoms with Crippen LogP contribution in [0.1, 0.15) is 23.2 Å². The van der Waals surface area contributed by atoms with Gasteiger partial charge in [-0.3, -0.25) is 0 Å². The second-order valence-corrected chi connectivity index (χ2v) is 7.48. The number of para-hydroxylation sites is 1. The van der Waals surface area contributed by atoms with Crippen molar-refractivity contribution in [2.45, 2.75) is 26.8 Å². The third-order valence-electron chi connectivity index (χ3n) is 5.31. The first-order valence-electron chi connectivity index (χ1n) is 9.88. The number of anilines is 1. The van der Waals surface area contributed by atoms with Gasteiger partial charge in [0.1, 0.15) is 5.65 Å². The number of benzene rings is 1. The number of pyridine rings is 1. The van der Waals surface area contributed by atoms with Crippen LogP contribution in [-0.2, 0) is 6.54 Å². The molecule has 1 fully saturated rings. The molecule has 6 nitrogen and oxygen atoms in total. The summed E-state index contributed by atoms with van der Waals surface area (Å²) in [6, 6.07) is 12.5. The van der Waals surface area contributed by atoms with Crippen LogP contribution in [0.5, 0.6) is 0 Å². The van der Waals surface area contributed by atoms with Gasteiger partial charge in [0.2, 0.25) is 0 Å². The number of urea groups is 1. The highest BCUT2D eigenvalue weighted by Gasteiger charge is 2.20. The number of hydrogen-bond donors (Lipinski definition) is 1. The number of amides is 2. The molecule has 28 heavy (non-hydrogen) atoms.